The van der Waals surface area contributed by atoms with E-state index in [0.717, 1.165) is 31.6 Å². The SMILES string of the molecule is Cc1cc(C#N)nc(N2CCCC(c3ccncc3)C2)n1. The Hall–Kier alpha value is -2.48. The first-order valence-corrected chi connectivity index (χ1v) is 7.17. The normalized spacial score (nSPS) is 18.3. The second-order valence-corrected chi connectivity index (χ2v) is 5.37. The third-order valence-electron chi connectivity index (χ3n) is 3.84. The molecule has 0 spiro atoms. The van der Waals surface area contributed by atoms with Crippen molar-refractivity contribution in [2.45, 2.75) is 25.7 Å². The number of hydrogen-bond donors (Lipinski definition) is 0. The molecule has 21 heavy (non-hydrogen) atoms. The highest BCUT2D eigenvalue weighted by Crippen LogP contribution is 2.28. The molecular weight excluding hydrogens is 262 g/mol. The monoisotopic (exact) mass is 279 g/mol. The van der Waals surface area contributed by atoms with Crippen LogP contribution in [-0.4, -0.2) is 28.0 Å². The average Bonchev–Trinajstić information content (AvgIpc) is 2.55. The standard InChI is InChI=1S/C16H17N5/c1-12-9-15(10-17)20-16(19-12)21-8-2-3-14(11-21)13-4-6-18-7-5-13/h4-7,9,14H,2-3,8,11H2,1H3. The van der Waals surface area contributed by atoms with Gasteiger partial charge in [-0.1, -0.05) is 0 Å². The zero-order valence-corrected chi connectivity index (χ0v) is 12.0. The van der Waals surface area contributed by atoms with Crippen LogP contribution in [0.3, 0.4) is 0 Å². The molecule has 1 saturated heterocycles. The number of rotatable bonds is 2. The maximum atomic E-state index is 9.05. The number of anilines is 1. The van der Waals surface area contributed by atoms with Gasteiger partial charge in [-0.25, -0.2) is 9.97 Å². The summed E-state index contributed by atoms with van der Waals surface area (Å²) in [7, 11) is 0. The molecule has 0 aromatic carbocycles. The summed E-state index contributed by atoms with van der Waals surface area (Å²) in [4.78, 5) is 15.1. The molecule has 2 aromatic rings. The third-order valence-corrected chi connectivity index (χ3v) is 3.84. The minimum Gasteiger partial charge on any atom is -0.340 e. The summed E-state index contributed by atoms with van der Waals surface area (Å²) >= 11 is 0. The van der Waals surface area contributed by atoms with E-state index in [1.54, 1.807) is 6.07 Å². The molecule has 0 saturated carbocycles. The van der Waals surface area contributed by atoms with Gasteiger partial charge >= 0.3 is 0 Å². The van der Waals surface area contributed by atoms with Gasteiger partial charge in [-0.2, -0.15) is 5.26 Å². The summed E-state index contributed by atoms with van der Waals surface area (Å²) in [5.41, 5.74) is 2.58. The molecule has 0 amide bonds. The van der Waals surface area contributed by atoms with Gasteiger partial charge in [0.15, 0.2) is 0 Å². The molecule has 3 heterocycles. The first-order chi connectivity index (χ1) is 10.3. The molecule has 5 nitrogen and oxygen atoms in total. The lowest BCUT2D eigenvalue weighted by molar-refractivity contribution is 0.503. The molecule has 1 unspecified atom stereocenters. The van der Waals surface area contributed by atoms with Crippen LogP contribution in [-0.2, 0) is 0 Å². The fourth-order valence-electron chi connectivity index (χ4n) is 2.82. The highest BCUT2D eigenvalue weighted by molar-refractivity contribution is 5.37. The first kappa shape index (κ1) is 13.5. The van der Waals surface area contributed by atoms with Crippen LogP contribution in [0.15, 0.2) is 30.6 Å². The van der Waals surface area contributed by atoms with Crippen molar-refractivity contribution < 1.29 is 0 Å². The van der Waals surface area contributed by atoms with Gasteiger partial charge in [0.05, 0.1) is 0 Å². The van der Waals surface area contributed by atoms with Gasteiger partial charge in [-0.05, 0) is 43.5 Å². The molecule has 0 radical (unpaired) electrons. The van der Waals surface area contributed by atoms with Gasteiger partial charge in [-0.15, -0.1) is 0 Å². The fraction of sp³-hybridized carbons (Fsp3) is 0.375. The number of aromatic nitrogens is 3. The lowest BCUT2D eigenvalue weighted by atomic mass is 9.91. The Kier molecular flexibility index (Phi) is 3.78. The van der Waals surface area contributed by atoms with Crippen molar-refractivity contribution >= 4 is 5.95 Å². The Morgan fingerprint density at radius 2 is 2.10 bits per heavy atom. The Bertz CT molecular complexity index is 662. The molecular formula is C16H17N5. The number of aryl methyl sites for hydroxylation is 1. The summed E-state index contributed by atoms with van der Waals surface area (Å²) in [6, 6.07) is 7.97. The first-order valence-electron chi connectivity index (χ1n) is 7.17. The van der Waals surface area contributed by atoms with E-state index in [-0.39, 0.29) is 0 Å². The van der Waals surface area contributed by atoms with Crippen molar-refractivity contribution in [3.63, 3.8) is 0 Å². The Labute approximate surface area is 124 Å². The summed E-state index contributed by atoms with van der Waals surface area (Å²) in [6.45, 7) is 3.73. The topological polar surface area (TPSA) is 65.7 Å². The van der Waals surface area contributed by atoms with E-state index in [1.807, 2.05) is 19.3 Å². The van der Waals surface area contributed by atoms with Crippen LogP contribution in [0.25, 0.3) is 0 Å². The van der Waals surface area contributed by atoms with Crippen LogP contribution in [0, 0.1) is 18.3 Å². The van der Waals surface area contributed by atoms with Crippen LogP contribution >= 0.6 is 0 Å². The van der Waals surface area contributed by atoms with Crippen LogP contribution in [0.1, 0.15) is 35.7 Å². The molecule has 1 fully saturated rings. The summed E-state index contributed by atoms with van der Waals surface area (Å²) in [5.74, 6) is 1.14. The van der Waals surface area contributed by atoms with E-state index in [2.05, 4.69) is 38.1 Å². The van der Waals surface area contributed by atoms with Gasteiger partial charge < -0.3 is 4.90 Å². The number of pyridine rings is 1. The molecule has 1 atom stereocenters. The highest BCUT2D eigenvalue weighted by atomic mass is 15.3. The lowest BCUT2D eigenvalue weighted by Crippen LogP contribution is -2.35. The zero-order valence-electron chi connectivity index (χ0n) is 12.0. The second kappa shape index (κ2) is 5.88. The van der Waals surface area contributed by atoms with Crippen molar-refractivity contribution in [3.05, 3.63) is 47.5 Å². The van der Waals surface area contributed by atoms with E-state index >= 15 is 0 Å². The van der Waals surface area contributed by atoms with Gasteiger partial charge in [0, 0.05) is 37.1 Å². The maximum absolute atomic E-state index is 9.05. The van der Waals surface area contributed by atoms with Gasteiger partial charge in [-0.3, -0.25) is 4.98 Å². The third kappa shape index (κ3) is 3.00. The van der Waals surface area contributed by atoms with Crippen molar-refractivity contribution in [3.8, 4) is 6.07 Å². The molecule has 0 aliphatic carbocycles. The number of piperidine rings is 1. The van der Waals surface area contributed by atoms with Crippen molar-refractivity contribution in [1.29, 1.82) is 5.26 Å². The minimum absolute atomic E-state index is 0.434. The zero-order chi connectivity index (χ0) is 14.7. The van der Waals surface area contributed by atoms with Gasteiger partial charge in [0.25, 0.3) is 0 Å². The number of hydrogen-bond acceptors (Lipinski definition) is 5. The largest absolute Gasteiger partial charge is 0.340 e. The highest BCUT2D eigenvalue weighted by Gasteiger charge is 2.23. The lowest BCUT2D eigenvalue weighted by Gasteiger charge is -2.33. The van der Waals surface area contributed by atoms with E-state index in [0.29, 0.717) is 17.6 Å². The Morgan fingerprint density at radius 1 is 1.29 bits per heavy atom. The fourth-order valence-corrected chi connectivity index (χ4v) is 2.82. The molecule has 1 aliphatic rings. The maximum Gasteiger partial charge on any atom is 0.226 e. The molecule has 3 rings (SSSR count). The molecule has 1 aliphatic heterocycles. The average molecular weight is 279 g/mol. The number of nitrogens with zero attached hydrogens (tertiary/aromatic N) is 5. The summed E-state index contributed by atoms with van der Waals surface area (Å²) in [6.07, 6.45) is 5.94. The minimum atomic E-state index is 0.434. The van der Waals surface area contributed by atoms with E-state index in [4.69, 9.17) is 5.26 Å². The smallest absolute Gasteiger partial charge is 0.226 e. The predicted octanol–water partition coefficient (Wildman–Crippen LogP) is 2.44. The van der Waals surface area contributed by atoms with E-state index in [9.17, 15) is 0 Å². The van der Waals surface area contributed by atoms with E-state index < -0.39 is 0 Å². The van der Waals surface area contributed by atoms with E-state index in [1.165, 1.54) is 5.56 Å². The van der Waals surface area contributed by atoms with Crippen molar-refractivity contribution in [1.82, 2.24) is 15.0 Å². The quantitative estimate of drug-likeness (QED) is 0.844. The van der Waals surface area contributed by atoms with Crippen LogP contribution in [0.2, 0.25) is 0 Å². The summed E-state index contributed by atoms with van der Waals surface area (Å²) < 4.78 is 0. The van der Waals surface area contributed by atoms with Crippen molar-refractivity contribution in [2.24, 2.45) is 0 Å². The molecule has 0 N–H and O–H groups in total. The van der Waals surface area contributed by atoms with Gasteiger partial charge in [0.1, 0.15) is 11.8 Å². The second-order valence-electron chi connectivity index (χ2n) is 5.37. The Balaban J connectivity index is 1.83. The summed E-state index contributed by atoms with van der Waals surface area (Å²) in [5, 5.41) is 9.05. The molecule has 5 heteroatoms. The van der Waals surface area contributed by atoms with Crippen LogP contribution in [0.4, 0.5) is 5.95 Å². The molecule has 106 valence electrons. The predicted molar refractivity (Wildman–Crippen MR) is 79.9 cm³/mol. The molecule has 0 bridgehead atoms. The number of nitriles is 1. The van der Waals surface area contributed by atoms with Crippen LogP contribution in [0.5, 0.6) is 0 Å². The van der Waals surface area contributed by atoms with Gasteiger partial charge in [0.2, 0.25) is 5.95 Å². The molecule has 2 aromatic heterocycles. The Morgan fingerprint density at radius 3 is 2.86 bits per heavy atom. The van der Waals surface area contributed by atoms with Crippen molar-refractivity contribution in [2.75, 3.05) is 18.0 Å². The van der Waals surface area contributed by atoms with Crippen LogP contribution < -0.4 is 4.90 Å².